The van der Waals surface area contributed by atoms with E-state index in [4.69, 9.17) is 21.1 Å². The topological polar surface area (TPSA) is 47.9 Å². The molecule has 1 atom stereocenters. The number of aliphatic imine (C=N–C) groups is 1. The maximum Gasteiger partial charge on any atom is 0.336 e. The first-order valence-electron chi connectivity index (χ1n) is 6.86. The molecule has 1 rings (SSSR count). The van der Waals surface area contributed by atoms with E-state index < -0.39 is 5.97 Å². The van der Waals surface area contributed by atoms with Crippen LogP contribution in [0.25, 0.3) is 0 Å². The van der Waals surface area contributed by atoms with Gasteiger partial charge in [0.05, 0.1) is 22.8 Å². The van der Waals surface area contributed by atoms with Crippen molar-refractivity contribution in [2.45, 2.75) is 51.9 Å². The molecule has 0 bridgehead atoms. The van der Waals surface area contributed by atoms with Crippen LogP contribution < -0.4 is 0 Å². The number of carbonyl (C=O) groups is 1. The Morgan fingerprint density at radius 2 is 1.95 bits per heavy atom. The number of ether oxygens (including phenoxy) is 2. The minimum absolute atomic E-state index is 0.0869. The number of hydrogen-bond acceptors (Lipinski definition) is 5. The van der Waals surface area contributed by atoms with Crippen molar-refractivity contribution in [2.75, 3.05) is 6.26 Å². The average molecular weight is 332 g/mol. The molecule has 0 aromatic carbocycles. The summed E-state index contributed by atoms with van der Waals surface area (Å²) in [7, 11) is 0. The average Bonchev–Trinajstić information content (AvgIpc) is 2.38. The lowest BCUT2D eigenvalue weighted by Gasteiger charge is -2.18. The monoisotopic (exact) mass is 331 g/mol. The van der Waals surface area contributed by atoms with Crippen LogP contribution in [0.5, 0.6) is 0 Å². The number of thioether (sulfide) groups is 1. The van der Waals surface area contributed by atoms with Gasteiger partial charge in [-0.25, -0.2) is 9.79 Å². The molecule has 0 aromatic heterocycles. The Balaban J connectivity index is 2.83. The number of esters is 1. The number of hydrogen-bond donors (Lipinski definition) is 0. The fourth-order valence-electron chi connectivity index (χ4n) is 1.64. The van der Waals surface area contributed by atoms with Crippen molar-refractivity contribution in [1.29, 1.82) is 0 Å². The smallest absolute Gasteiger partial charge is 0.336 e. The summed E-state index contributed by atoms with van der Waals surface area (Å²) < 4.78 is 10.9. The number of nitrogens with zero attached hydrogens (tertiary/aromatic N) is 1. The van der Waals surface area contributed by atoms with Crippen LogP contribution in [0.3, 0.4) is 0 Å². The molecule has 1 aliphatic rings. The van der Waals surface area contributed by atoms with E-state index in [1.54, 1.807) is 26.0 Å². The van der Waals surface area contributed by atoms with E-state index in [9.17, 15) is 4.79 Å². The third kappa shape index (κ3) is 6.24. The zero-order chi connectivity index (χ0) is 16.0. The van der Waals surface area contributed by atoms with Crippen LogP contribution in [0.2, 0.25) is 0 Å². The van der Waals surface area contributed by atoms with Crippen LogP contribution in [0, 0.1) is 0 Å². The molecular formula is C15H22ClNO3S. The fraction of sp³-hybridized carbons (Fsp3) is 0.600. The van der Waals surface area contributed by atoms with Crippen LogP contribution in [-0.4, -0.2) is 35.7 Å². The largest absolute Gasteiger partial charge is 0.460 e. The highest BCUT2D eigenvalue weighted by molar-refractivity contribution is 7.99. The molecule has 118 valence electrons. The van der Waals surface area contributed by atoms with E-state index in [0.717, 1.165) is 5.71 Å². The van der Waals surface area contributed by atoms with Crippen molar-refractivity contribution < 1.29 is 14.3 Å². The molecular weight excluding hydrogens is 310 g/mol. The summed E-state index contributed by atoms with van der Waals surface area (Å²) in [6.07, 6.45) is 5.68. The second kappa shape index (κ2) is 8.61. The standard InChI is InChI=1S/C15H22ClNO3S/c1-9(2)19-14(18)12-8-11(6-7-13(12)16)17-15(21-5)20-10(3)4/h6-7,9-10,15H,8H2,1-5H3. The summed E-state index contributed by atoms with van der Waals surface area (Å²) in [6.45, 7) is 7.53. The van der Waals surface area contributed by atoms with Crippen molar-refractivity contribution in [1.82, 2.24) is 0 Å². The fourth-order valence-corrected chi connectivity index (χ4v) is 2.43. The molecule has 0 spiro atoms. The number of rotatable bonds is 6. The van der Waals surface area contributed by atoms with E-state index in [1.165, 1.54) is 11.8 Å². The van der Waals surface area contributed by atoms with E-state index in [1.807, 2.05) is 20.1 Å². The van der Waals surface area contributed by atoms with Gasteiger partial charge in [0, 0.05) is 12.1 Å². The molecule has 0 aromatic rings. The Morgan fingerprint density at radius 3 is 2.48 bits per heavy atom. The molecule has 1 unspecified atom stereocenters. The lowest BCUT2D eigenvalue weighted by atomic mass is 10.0. The van der Waals surface area contributed by atoms with Crippen LogP contribution in [0.4, 0.5) is 0 Å². The minimum atomic E-state index is -0.391. The van der Waals surface area contributed by atoms with E-state index in [2.05, 4.69) is 4.99 Å². The number of carbonyl (C=O) groups excluding carboxylic acids is 1. The molecule has 4 nitrogen and oxygen atoms in total. The maximum absolute atomic E-state index is 12.0. The highest BCUT2D eigenvalue weighted by atomic mass is 35.5. The summed E-state index contributed by atoms with van der Waals surface area (Å²) in [5.74, 6) is -0.391. The van der Waals surface area contributed by atoms with Gasteiger partial charge < -0.3 is 9.47 Å². The van der Waals surface area contributed by atoms with Gasteiger partial charge in [-0.1, -0.05) is 11.6 Å². The van der Waals surface area contributed by atoms with Gasteiger partial charge in [-0.3, -0.25) is 0 Å². The molecule has 0 aliphatic heterocycles. The quantitative estimate of drug-likeness (QED) is 0.547. The Morgan fingerprint density at radius 1 is 1.29 bits per heavy atom. The Labute approximate surface area is 135 Å². The second-order valence-electron chi connectivity index (χ2n) is 5.14. The van der Waals surface area contributed by atoms with Crippen molar-refractivity contribution in [3.8, 4) is 0 Å². The highest BCUT2D eigenvalue weighted by Gasteiger charge is 2.21. The van der Waals surface area contributed by atoms with Crippen LogP contribution >= 0.6 is 23.4 Å². The van der Waals surface area contributed by atoms with Crippen LogP contribution in [0.15, 0.2) is 27.7 Å². The Hall–Kier alpha value is -0.780. The van der Waals surface area contributed by atoms with Gasteiger partial charge in [0.2, 0.25) is 0 Å². The molecule has 0 heterocycles. The molecule has 0 fully saturated rings. The molecule has 1 aliphatic carbocycles. The molecule has 6 heteroatoms. The third-order valence-corrected chi connectivity index (χ3v) is 3.49. The van der Waals surface area contributed by atoms with Gasteiger partial charge in [-0.2, -0.15) is 0 Å². The molecule has 0 saturated carbocycles. The predicted octanol–water partition coefficient (Wildman–Crippen LogP) is 3.90. The lowest BCUT2D eigenvalue weighted by molar-refractivity contribution is -0.142. The summed E-state index contributed by atoms with van der Waals surface area (Å²) in [6, 6.07) is 0. The van der Waals surface area contributed by atoms with Crippen molar-refractivity contribution in [3.63, 3.8) is 0 Å². The summed E-state index contributed by atoms with van der Waals surface area (Å²) in [5, 5.41) is 0.407. The SMILES string of the molecule is CSC(N=C1C=CC(Cl)=C(C(=O)OC(C)C)C1)OC(C)C. The predicted molar refractivity (Wildman–Crippen MR) is 88.8 cm³/mol. The zero-order valence-corrected chi connectivity index (χ0v) is 14.6. The van der Waals surface area contributed by atoms with Gasteiger partial charge in [0.15, 0.2) is 5.56 Å². The van der Waals surface area contributed by atoms with Gasteiger partial charge in [0.1, 0.15) is 0 Å². The van der Waals surface area contributed by atoms with Crippen molar-refractivity contribution in [3.05, 3.63) is 22.8 Å². The molecule has 0 N–H and O–H groups in total. The van der Waals surface area contributed by atoms with Crippen molar-refractivity contribution >= 4 is 35.0 Å². The lowest BCUT2D eigenvalue weighted by Crippen LogP contribution is -2.19. The zero-order valence-electron chi connectivity index (χ0n) is 13.1. The highest BCUT2D eigenvalue weighted by Crippen LogP contribution is 2.24. The van der Waals surface area contributed by atoms with Crippen molar-refractivity contribution in [2.24, 2.45) is 4.99 Å². The van der Waals surface area contributed by atoms with Gasteiger partial charge in [-0.05, 0) is 46.1 Å². The molecule has 21 heavy (non-hydrogen) atoms. The number of allylic oxidation sites excluding steroid dienone is 3. The molecule has 0 amide bonds. The van der Waals surface area contributed by atoms with E-state index in [-0.39, 0.29) is 17.8 Å². The Bertz CT molecular complexity index is 470. The van der Waals surface area contributed by atoms with E-state index >= 15 is 0 Å². The normalized spacial score (nSPS) is 18.8. The van der Waals surface area contributed by atoms with Gasteiger partial charge in [-0.15, -0.1) is 11.8 Å². The molecule has 0 saturated heterocycles. The van der Waals surface area contributed by atoms with Gasteiger partial charge in [0.25, 0.3) is 0 Å². The van der Waals surface area contributed by atoms with Gasteiger partial charge >= 0.3 is 5.97 Å². The minimum Gasteiger partial charge on any atom is -0.460 e. The van der Waals surface area contributed by atoms with Crippen LogP contribution in [-0.2, 0) is 14.3 Å². The summed E-state index contributed by atoms with van der Waals surface area (Å²) in [4.78, 5) is 16.5. The third-order valence-electron chi connectivity index (χ3n) is 2.52. The van der Waals surface area contributed by atoms with E-state index in [0.29, 0.717) is 17.0 Å². The first-order valence-corrected chi connectivity index (χ1v) is 8.52. The Kier molecular flexibility index (Phi) is 7.49. The first kappa shape index (κ1) is 18.3. The summed E-state index contributed by atoms with van der Waals surface area (Å²) in [5.41, 5.74) is 0.912. The maximum atomic E-state index is 12.0. The number of halogens is 1. The second-order valence-corrected chi connectivity index (χ2v) is 6.42. The molecule has 0 radical (unpaired) electrons. The first-order chi connectivity index (χ1) is 9.83. The summed E-state index contributed by atoms with van der Waals surface area (Å²) >= 11 is 7.59. The van der Waals surface area contributed by atoms with Crippen LogP contribution in [0.1, 0.15) is 34.1 Å².